The summed E-state index contributed by atoms with van der Waals surface area (Å²) in [4.78, 5) is 10.8. The number of oxazole rings is 1. The third-order valence-corrected chi connectivity index (χ3v) is 4.19. The van der Waals surface area contributed by atoms with Crippen molar-refractivity contribution in [3.8, 4) is 11.3 Å². The van der Waals surface area contributed by atoms with Gasteiger partial charge in [-0.3, -0.25) is 3.93 Å². The Morgan fingerprint density at radius 1 is 1.25 bits per heavy atom. The van der Waals surface area contributed by atoms with Gasteiger partial charge in [-0.25, -0.2) is 4.98 Å². The molecule has 1 aromatic carbocycles. The number of nitrogens with zero attached hydrogens (tertiary/aromatic N) is 4. The first kappa shape index (κ1) is 15.2. The van der Waals surface area contributed by atoms with Crippen molar-refractivity contribution < 1.29 is 4.42 Å². The maximum atomic E-state index is 5.55. The van der Waals surface area contributed by atoms with Crippen LogP contribution in [-0.2, 0) is 0 Å². The summed E-state index contributed by atoms with van der Waals surface area (Å²) in [5, 5.41) is 3.42. The Labute approximate surface area is 148 Å². The molecule has 0 fully saturated rings. The molecule has 0 saturated carbocycles. The van der Waals surface area contributed by atoms with E-state index in [2.05, 4.69) is 36.3 Å². The lowest BCUT2D eigenvalue weighted by Gasteiger charge is -2.20. The molecule has 2 aliphatic heterocycles. The first-order chi connectivity index (χ1) is 11.6. The Morgan fingerprint density at radius 3 is 2.75 bits per heavy atom. The van der Waals surface area contributed by atoms with Crippen LogP contribution in [0.3, 0.4) is 0 Å². The average molecular weight is 386 g/mol. The summed E-state index contributed by atoms with van der Waals surface area (Å²) >= 11 is 3.51. The minimum absolute atomic E-state index is 0.666. The molecule has 6 nitrogen and oxygen atoms in total. The zero-order chi connectivity index (χ0) is 16.7. The summed E-state index contributed by atoms with van der Waals surface area (Å²) < 4.78 is 7.49. The van der Waals surface area contributed by atoms with Crippen LogP contribution < -0.4 is 10.2 Å². The Kier molecular flexibility index (Phi) is 3.74. The number of aromatic nitrogens is 1. The molecule has 4 rings (SSSR count). The van der Waals surface area contributed by atoms with Gasteiger partial charge < -0.3 is 9.73 Å². The van der Waals surface area contributed by atoms with E-state index in [0.717, 1.165) is 40.9 Å². The molecule has 2 aliphatic rings. The van der Waals surface area contributed by atoms with Crippen LogP contribution in [0.1, 0.15) is 12.8 Å². The van der Waals surface area contributed by atoms with Crippen LogP contribution in [0.15, 0.2) is 63.7 Å². The third-order valence-electron chi connectivity index (χ3n) is 3.76. The molecule has 1 N–H and O–H groups in total. The number of hydrogen-bond donors (Lipinski definition) is 1. The molecule has 0 atom stereocenters. The largest absolute Gasteiger partial charge is 0.441 e. The zero-order valence-corrected chi connectivity index (χ0v) is 14.9. The average Bonchev–Trinajstić information content (AvgIpc) is 3.13. The van der Waals surface area contributed by atoms with Gasteiger partial charge in [0.15, 0.2) is 17.9 Å². The number of aryl methyl sites for hydroxylation is 1. The van der Waals surface area contributed by atoms with E-state index in [1.54, 1.807) is 6.20 Å². The second-order valence-corrected chi connectivity index (χ2v) is 6.62. The monoisotopic (exact) mass is 385 g/mol. The van der Waals surface area contributed by atoms with E-state index < -0.39 is 0 Å². The van der Waals surface area contributed by atoms with Gasteiger partial charge in [-0.05, 0) is 31.2 Å². The van der Waals surface area contributed by atoms with Crippen molar-refractivity contribution in [1.29, 1.82) is 0 Å². The molecule has 0 unspecified atom stereocenters. The van der Waals surface area contributed by atoms with Gasteiger partial charge in [0.25, 0.3) is 0 Å². The summed E-state index contributed by atoms with van der Waals surface area (Å²) in [5.41, 5.74) is 3.92. The van der Waals surface area contributed by atoms with E-state index in [1.165, 1.54) is 0 Å². The first-order valence-electron chi connectivity index (χ1n) is 7.57. The van der Waals surface area contributed by atoms with Crippen LogP contribution in [0.5, 0.6) is 0 Å². The molecule has 2 aromatic rings. The summed E-state index contributed by atoms with van der Waals surface area (Å²) in [6.07, 6.45) is 5.77. The van der Waals surface area contributed by atoms with Crippen LogP contribution in [0.25, 0.3) is 11.3 Å². The summed E-state index contributed by atoms with van der Waals surface area (Å²) in [5.74, 6) is 2.37. The highest BCUT2D eigenvalue weighted by atomic mass is 79.9. The lowest BCUT2D eigenvalue weighted by atomic mass is 10.1. The maximum absolute atomic E-state index is 5.55. The van der Waals surface area contributed by atoms with Crippen LogP contribution >= 0.6 is 16.1 Å². The normalized spacial score (nSPS) is 17.3. The molecular weight excluding hydrogens is 370 g/mol. The van der Waals surface area contributed by atoms with Crippen molar-refractivity contribution >= 4 is 27.7 Å². The second kappa shape index (κ2) is 5.92. The number of aliphatic imine (C=N–C) groups is 1. The SMILES string of the molecule is CC1=C[N+]2CN(Br)C=C(Nc3ccc(-c4cnc(C)o4)cc3)C2=N1. The number of benzene rings is 1. The van der Waals surface area contributed by atoms with Crippen LogP contribution in [-0.4, -0.2) is 21.4 Å². The van der Waals surface area contributed by atoms with Gasteiger partial charge in [0.1, 0.15) is 11.4 Å². The van der Waals surface area contributed by atoms with Crippen molar-refractivity contribution in [2.24, 2.45) is 4.99 Å². The van der Waals surface area contributed by atoms with Crippen molar-refractivity contribution in [2.75, 3.05) is 12.0 Å². The molecule has 121 valence electrons. The van der Waals surface area contributed by atoms with E-state index >= 15 is 0 Å². The van der Waals surface area contributed by atoms with Crippen molar-refractivity contribution in [3.63, 3.8) is 0 Å². The molecule has 0 amide bonds. The fourth-order valence-corrected chi connectivity index (χ4v) is 3.16. The Morgan fingerprint density at radius 2 is 2.04 bits per heavy atom. The van der Waals surface area contributed by atoms with E-state index in [9.17, 15) is 0 Å². The van der Waals surface area contributed by atoms with Crippen LogP contribution in [0.4, 0.5) is 5.69 Å². The van der Waals surface area contributed by atoms with Crippen LogP contribution in [0, 0.1) is 6.92 Å². The molecular formula is C17H16BrN5O+. The second-order valence-electron chi connectivity index (χ2n) is 5.71. The molecule has 0 saturated heterocycles. The van der Waals surface area contributed by atoms with E-state index in [4.69, 9.17) is 4.42 Å². The highest BCUT2D eigenvalue weighted by Gasteiger charge is 2.36. The van der Waals surface area contributed by atoms with E-state index in [1.807, 2.05) is 54.4 Å². The molecule has 0 aliphatic carbocycles. The minimum Gasteiger partial charge on any atom is -0.441 e. The van der Waals surface area contributed by atoms with Crippen molar-refractivity contribution in [3.05, 3.63) is 60.1 Å². The van der Waals surface area contributed by atoms with Crippen LogP contribution in [0.2, 0.25) is 0 Å². The number of amidine groups is 1. The van der Waals surface area contributed by atoms with Gasteiger partial charge in [0.05, 0.1) is 22.3 Å². The number of nitrogens with one attached hydrogen (secondary N) is 1. The standard InChI is InChI=1S/C17H16BrN5O/c1-11-8-22-10-23(18)9-15(17(22)20-11)21-14-5-3-13(4-6-14)16-7-19-12(2)24-16/h3-9,21H,10H2,1-2H3/q+1. The highest BCUT2D eigenvalue weighted by Crippen LogP contribution is 2.25. The van der Waals surface area contributed by atoms with Crippen molar-refractivity contribution in [1.82, 2.24) is 13.8 Å². The molecule has 0 bridgehead atoms. The molecule has 24 heavy (non-hydrogen) atoms. The molecule has 3 heterocycles. The quantitative estimate of drug-likeness (QED) is 0.642. The lowest BCUT2D eigenvalue weighted by Crippen LogP contribution is -2.42. The lowest BCUT2D eigenvalue weighted by molar-refractivity contribution is 0.517. The van der Waals surface area contributed by atoms with E-state index in [-0.39, 0.29) is 0 Å². The van der Waals surface area contributed by atoms with Gasteiger partial charge in [-0.15, -0.1) is 0 Å². The maximum Gasteiger partial charge on any atom is 0.309 e. The molecule has 7 heteroatoms. The Balaban J connectivity index is 1.56. The van der Waals surface area contributed by atoms with Gasteiger partial charge >= 0.3 is 5.84 Å². The third kappa shape index (κ3) is 2.88. The molecule has 1 radical (unpaired) electrons. The Bertz CT molecular complexity index is 865. The van der Waals surface area contributed by atoms with E-state index in [0.29, 0.717) is 5.89 Å². The summed E-state index contributed by atoms with van der Waals surface area (Å²) in [6, 6.07) is 8.05. The fourth-order valence-electron chi connectivity index (χ4n) is 2.71. The van der Waals surface area contributed by atoms with Gasteiger partial charge in [-0.2, -0.15) is 4.99 Å². The first-order valence-corrected chi connectivity index (χ1v) is 8.28. The number of hydrogen-bond acceptors (Lipinski definition) is 6. The zero-order valence-electron chi connectivity index (χ0n) is 13.3. The topological polar surface area (TPSA) is 59.6 Å². The summed E-state index contributed by atoms with van der Waals surface area (Å²) in [6.45, 7) is 4.56. The molecule has 1 aromatic heterocycles. The van der Waals surface area contributed by atoms with Gasteiger partial charge in [-0.1, -0.05) is 4.90 Å². The fraction of sp³-hybridized carbons (Fsp3) is 0.176. The predicted molar refractivity (Wildman–Crippen MR) is 97.3 cm³/mol. The smallest absolute Gasteiger partial charge is 0.309 e. The summed E-state index contributed by atoms with van der Waals surface area (Å²) in [7, 11) is 0. The number of rotatable bonds is 3. The number of anilines is 1. The number of allylic oxidation sites excluding steroid dienone is 1. The highest BCUT2D eigenvalue weighted by molar-refractivity contribution is 9.07. The van der Waals surface area contributed by atoms with Gasteiger partial charge in [0, 0.05) is 24.4 Å². The number of fused-ring (bicyclic) bond motifs is 1. The predicted octanol–water partition coefficient (Wildman–Crippen LogP) is 3.90. The minimum atomic E-state index is 0.666. The number of halogens is 1. The van der Waals surface area contributed by atoms with Gasteiger partial charge in [0.2, 0.25) is 6.67 Å². The molecule has 0 spiro atoms. The Hall–Kier alpha value is -2.38. The van der Waals surface area contributed by atoms with Crippen molar-refractivity contribution in [2.45, 2.75) is 13.8 Å².